The van der Waals surface area contributed by atoms with Gasteiger partial charge in [0.15, 0.2) is 0 Å². The molecule has 0 radical (unpaired) electrons. The molecule has 2 aliphatic rings. The molecule has 0 spiro atoms. The van der Waals surface area contributed by atoms with Crippen molar-refractivity contribution < 1.29 is 9.13 Å². The SMILES string of the molecule is C[C@@H]1CC[C@@H]2[C@@H](C1)O[C@@H](c1ccc(Cl)cc1)CC2(C)F. The van der Waals surface area contributed by atoms with Gasteiger partial charge in [0.1, 0.15) is 5.67 Å². The fourth-order valence-corrected chi connectivity index (χ4v) is 3.94. The third-order valence-electron chi connectivity index (χ3n) is 4.99. The monoisotopic (exact) mass is 296 g/mol. The summed E-state index contributed by atoms with van der Waals surface area (Å²) in [5.41, 5.74) is -0.0946. The molecule has 5 atom stereocenters. The van der Waals surface area contributed by atoms with Gasteiger partial charge < -0.3 is 4.74 Å². The maximum atomic E-state index is 15.0. The Morgan fingerprint density at radius 2 is 1.95 bits per heavy atom. The van der Waals surface area contributed by atoms with Crippen molar-refractivity contribution in [2.75, 3.05) is 0 Å². The van der Waals surface area contributed by atoms with Crippen molar-refractivity contribution in [1.29, 1.82) is 0 Å². The van der Waals surface area contributed by atoms with E-state index in [-0.39, 0.29) is 18.1 Å². The predicted octanol–water partition coefficient (Wildman–Crippen LogP) is 5.33. The number of alkyl halides is 1. The van der Waals surface area contributed by atoms with Gasteiger partial charge in [0.25, 0.3) is 0 Å². The first kappa shape index (κ1) is 14.3. The normalized spacial score (nSPS) is 41.2. The maximum absolute atomic E-state index is 15.0. The number of hydrogen-bond donors (Lipinski definition) is 0. The highest BCUT2D eigenvalue weighted by Crippen LogP contribution is 2.49. The van der Waals surface area contributed by atoms with Crippen LogP contribution in [0.5, 0.6) is 0 Å². The Bertz CT molecular complexity index is 470. The van der Waals surface area contributed by atoms with Gasteiger partial charge >= 0.3 is 0 Å². The summed E-state index contributed by atoms with van der Waals surface area (Å²) in [6, 6.07) is 7.61. The quantitative estimate of drug-likeness (QED) is 0.680. The van der Waals surface area contributed by atoms with Crippen LogP contribution < -0.4 is 0 Å². The lowest BCUT2D eigenvalue weighted by Gasteiger charge is -2.48. The zero-order chi connectivity index (χ0) is 14.3. The molecule has 1 saturated heterocycles. The van der Waals surface area contributed by atoms with Crippen molar-refractivity contribution in [3.63, 3.8) is 0 Å². The van der Waals surface area contributed by atoms with Crippen molar-refractivity contribution in [2.45, 2.75) is 57.4 Å². The Morgan fingerprint density at radius 1 is 1.25 bits per heavy atom. The van der Waals surface area contributed by atoms with Gasteiger partial charge in [0.2, 0.25) is 0 Å². The lowest BCUT2D eigenvalue weighted by Crippen LogP contribution is -2.49. The number of rotatable bonds is 1. The Kier molecular flexibility index (Phi) is 3.81. The molecule has 1 saturated carbocycles. The highest BCUT2D eigenvalue weighted by molar-refractivity contribution is 6.30. The zero-order valence-corrected chi connectivity index (χ0v) is 12.9. The highest BCUT2D eigenvalue weighted by Gasteiger charge is 2.49. The third-order valence-corrected chi connectivity index (χ3v) is 5.24. The topological polar surface area (TPSA) is 9.23 Å². The fourth-order valence-electron chi connectivity index (χ4n) is 3.81. The van der Waals surface area contributed by atoms with E-state index >= 15 is 4.39 Å². The molecular formula is C17H22ClFO. The molecule has 0 N–H and O–H groups in total. The minimum atomic E-state index is -1.13. The highest BCUT2D eigenvalue weighted by atomic mass is 35.5. The molecule has 3 rings (SSSR count). The van der Waals surface area contributed by atoms with E-state index in [0.29, 0.717) is 17.4 Å². The molecule has 1 aromatic carbocycles. The van der Waals surface area contributed by atoms with Crippen LogP contribution >= 0.6 is 11.6 Å². The van der Waals surface area contributed by atoms with Gasteiger partial charge in [-0.15, -0.1) is 0 Å². The maximum Gasteiger partial charge on any atom is 0.116 e. The summed E-state index contributed by atoms with van der Waals surface area (Å²) in [6.45, 7) is 3.99. The van der Waals surface area contributed by atoms with Gasteiger partial charge in [-0.2, -0.15) is 0 Å². The van der Waals surface area contributed by atoms with Crippen molar-refractivity contribution >= 4 is 11.6 Å². The minimum absolute atomic E-state index is 0.0576. The number of benzene rings is 1. The molecule has 1 heterocycles. The summed E-state index contributed by atoms with van der Waals surface area (Å²) < 4.78 is 21.3. The van der Waals surface area contributed by atoms with E-state index < -0.39 is 5.67 Å². The van der Waals surface area contributed by atoms with Gasteiger partial charge in [0, 0.05) is 17.4 Å². The molecule has 3 heteroatoms. The van der Waals surface area contributed by atoms with Gasteiger partial charge in [-0.1, -0.05) is 37.1 Å². The lowest BCUT2D eigenvalue weighted by molar-refractivity contribution is -0.171. The molecule has 1 nitrogen and oxygen atoms in total. The molecule has 0 amide bonds. The van der Waals surface area contributed by atoms with E-state index in [9.17, 15) is 0 Å². The minimum Gasteiger partial charge on any atom is -0.370 e. The largest absolute Gasteiger partial charge is 0.370 e. The van der Waals surface area contributed by atoms with Crippen LogP contribution in [0.3, 0.4) is 0 Å². The van der Waals surface area contributed by atoms with Crippen LogP contribution in [0.2, 0.25) is 5.02 Å². The summed E-state index contributed by atoms with van der Waals surface area (Å²) in [6.07, 6.45) is 3.41. The fraction of sp³-hybridized carbons (Fsp3) is 0.647. The average molecular weight is 297 g/mol. The summed E-state index contributed by atoms with van der Waals surface area (Å²) in [5, 5.41) is 0.705. The molecule has 2 fully saturated rings. The first-order valence-corrected chi connectivity index (χ1v) is 7.93. The van der Waals surface area contributed by atoms with Crippen LogP contribution in [0.4, 0.5) is 4.39 Å². The van der Waals surface area contributed by atoms with Gasteiger partial charge in [0.05, 0.1) is 12.2 Å². The molecular weight excluding hydrogens is 275 g/mol. The van der Waals surface area contributed by atoms with Crippen LogP contribution in [0, 0.1) is 11.8 Å². The van der Waals surface area contributed by atoms with Crippen LogP contribution in [-0.4, -0.2) is 11.8 Å². The van der Waals surface area contributed by atoms with E-state index in [2.05, 4.69) is 6.92 Å². The number of hydrogen-bond acceptors (Lipinski definition) is 1. The second-order valence-electron chi connectivity index (χ2n) is 6.72. The molecule has 1 aliphatic heterocycles. The molecule has 20 heavy (non-hydrogen) atoms. The summed E-state index contributed by atoms with van der Waals surface area (Å²) >= 11 is 5.92. The van der Waals surface area contributed by atoms with E-state index in [1.807, 2.05) is 24.3 Å². The Morgan fingerprint density at radius 3 is 2.65 bits per heavy atom. The third kappa shape index (κ3) is 2.73. The van der Waals surface area contributed by atoms with Gasteiger partial charge in [-0.05, 0) is 43.4 Å². The van der Waals surface area contributed by atoms with E-state index in [4.69, 9.17) is 16.3 Å². The standard InChI is InChI=1S/C17H22ClFO/c1-11-3-8-14-15(9-11)20-16(10-17(14,2)19)12-4-6-13(18)7-5-12/h4-7,11,14-16H,3,8-10H2,1-2H3/t11-,14-,15-,16-,17?/m1/s1. The summed E-state index contributed by atoms with van der Waals surface area (Å²) in [7, 11) is 0. The second kappa shape index (κ2) is 5.31. The van der Waals surface area contributed by atoms with Gasteiger partial charge in [-0.3, -0.25) is 0 Å². The molecule has 110 valence electrons. The Hall–Kier alpha value is -0.600. The zero-order valence-electron chi connectivity index (χ0n) is 12.1. The smallest absolute Gasteiger partial charge is 0.116 e. The van der Waals surface area contributed by atoms with Crippen LogP contribution in [0.15, 0.2) is 24.3 Å². The van der Waals surface area contributed by atoms with E-state index in [1.165, 1.54) is 0 Å². The number of ether oxygens (including phenoxy) is 1. The molecule has 1 aliphatic carbocycles. The molecule has 0 bridgehead atoms. The molecule has 1 aromatic rings. The Balaban J connectivity index is 1.83. The number of fused-ring (bicyclic) bond motifs is 1. The van der Waals surface area contributed by atoms with E-state index in [0.717, 1.165) is 24.8 Å². The van der Waals surface area contributed by atoms with Crippen molar-refractivity contribution in [3.05, 3.63) is 34.9 Å². The number of halogens is 2. The lowest BCUT2D eigenvalue weighted by atomic mass is 9.69. The van der Waals surface area contributed by atoms with E-state index in [1.54, 1.807) is 6.92 Å². The van der Waals surface area contributed by atoms with Crippen LogP contribution in [-0.2, 0) is 4.74 Å². The van der Waals surface area contributed by atoms with Gasteiger partial charge in [-0.25, -0.2) is 4.39 Å². The second-order valence-corrected chi connectivity index (χ2v) is 7.16. The summed E-state index contributed by atoms with van der Waals surface area (Å²) in [4.78, 5) is 0. The molecule has 0 aromatic heterocycles. The molecule has 1 unspecified atom stereocenters. The van der Waals surface area contributed by atoms with Crippen molar-refractivity contribution in [2.24, 2.45) is 11.8 Å². The van der Waals surface area contributed by atoms with Crippen molar-refractivity contribution in [1.82, 2.24) is 0 Å². The Labute approximate surface area is 125 Å². The van der Waals surface area contributed by atoms with Crippen molar-refractivity contribution in [3.8, 4) is 0 Å². The first-order chi connectivity index (χ1) is 9.45. The van der Waals surface area contributed by atoms with Crippen LogP contribution in [0.25, 0.3) is 0 Å². The average Bonchev–Trinajstić information content (AvgIpc) is 2.38. The first-order valence-electron chi connectivity index (χ1n) is 7.55. The van der Waals surface area contributed by atoms with Crippen LogP contribution in [0.1, 0.15) is 51.2 Å². The summed E-state index contributed by atoms with van der Waals surface area (Å²) in [5.74, 6) is 0.693. The predicted molar refractivity (Wildman–Crippen MR) is 79.7 cm³/mol.